The van der Waals surface area contributed by atoms with Crippen LogP contribution in [0.3, 0.4) is 0 Å². The number of hydrogen-bond acceptors (Lipinski definition) is 3. The van der Waals surface area contributed by atoms with E-state index in [1.165, 1.54) is 25.1 Å². The molecular weight excluding hydrogens is 158 g/mol. The summed E-state index contributed by atoms with van der Waals surface area (Å²) < 4.78 is 5.36. The minimum absolute atomic E-state index is 0.686. The molecule has 0 amide bonds. The Kier molecular flexibility index (Phi) is 2.72. The van der Waals surface area contributed by atoms with Crippen LogP contribution in [-0.2, 0) is 4.74 Å². The number of rotatable bonds is 1. The van der Waals surface area contributed by atoms with E-state index < -0.39 is 0 Å². The molecule has 0 bridgehead atoms. The molecule has 2 heterocycles. The maximum atomic E-state index is 5.36. The second-order valence-corrected chi connectivity index (χ2v) is 4.47. The van der Waals surface area contributed by atoms with E-state index in [2.05, 4.69) is 17.1 Å². The van der Waals surface area contributed by atoms with Crippen LogP contribution in [0.4, 0.5) is 0 Å². The number of hydrogen-bond donors (Lipinski definition) is 1. The molecule has 11 heavy (non-hydrogen) atoms. The van der Waals surface area contributed by atoms with Crippen LogP contribution in [0.1, 0.15) is 12.8 Å². The lowest BCUT2D eigenvalue weighted by Crippen LogP contribution is -2.38. The molecule has 0 saturated carbocycles. The Bertz CT molecular complexity index is 119. The molecule has 2 aliphatic rings. The van der Waals surface area contributed by atoms with Crippen molar-refractivity contribution in [3.05, 3.63) is 0 Å². The van der Waals surface area contributed by atoms with Crippen LogP contribution in [0.25, 0.3) is 0 Å². The van der Waals surface area contributed by atoms with Gasteiger partial charge in [-0.25, -0.2) is 0 Å². The summed E-state index contributed by atoms with van der Waals surface area (Å²) in [4.78, 5) is 0. The average Bonchev–Trinajstić information content (AvgIpc) is 2.58. The molecule has 0 aromatic carbocycles. The molecule has 64 valence electrons. The summed E-state index contributed by atoms with van der Waals surface area (Å²) in [5, 5.41) is 4.23. The molecule has 0 aromatic rings. The van der Waals surface area contributed by atoms with Crippen molar-refractivity contribution < 1.29 is 4.74 Å². The van der Waals surface area contributed by atoms with Crippen molar-refractivity contribution in [3.8, 4) is 0 Å². The first-order chi connectivity index (χ1) is 5.47. The van der Waals surface area contributed by atoms with Crippen molar-refractivity contribution in [1.29, 1.82) is 0 Å². The van der Waals surface area contributed by atoms with Crippen molar-refractivity contribution in [2.45, 2.75) is 18.2 Å². The third-order valence-electron chi connectivity index (χ3n) is 2.36. The Morgan fingerprint density at radius 1 is 1.45 bits per heavy atom. The van der Waals surface area contributed by atoms with E-state index in [1.54, 1.807) is 0 Å². The third kappa shape index (κ3) is 1.89. The molecule has 2 rings (SSSR count). The molecule has 2 fully saturated rings. The van der Waals surface area contributed by atoms with Crippen LogP contribution >= 0.6 is 11.8 Å². The molecule has 2 atom stereocenters. The van der Waals surface area contributed by atoms with Gasteiger partial charge in [0.2, 0.25) is 0 Å². The van der Waals surface area contributed by atoms with Gasteiger partial charge in [-0.05, 0) is 25.1 Å². The van der Waals surface area contributed by atoms with Crippen molar-refractivity contribution in [2.24, 2.45) is 5.92 Å². The number of nitrogens with one attached hydrogen (secondary N) is 1. The van der Waals surface area contributed by atoms with Gasteiger partial charge in [0.05, 0.1) is 12.0 Å². The van der Waals surface area contributed by atoms with Crippen LogP contribution < -0.4 is 5.32 Å². The zero-order valence-electron chi connectivity index (χ0n) is 6.71. The first-order valence-corrected chi connectivity index (χ1v) is 5.44. The predicted octanol–water partition coefficient (Wildman–Crippen LogP) is 1.08. The monoisotopic (exact) mass is 173 g/mol. The molecule has 3 heteroatoms. The standard InChI is InChI=1S/C8H15NOS/c1-3-9-8(11-5-1)7-2-4-10-6-7/h7-9H,1-6H2. The summed E-state index contributed by atoms with van der Waals surface area (Å²) in [5.41, 5.74) is 0. The maximum absolute atomic E-state index is 5.36. The van der Waals surface area contributed by atoms with Crippen LogP contribution in [0.15, 0.2) is 0 Å². The van der Waals surface area contributed by atoms with Crippen molar-refractivity contribution in [2.75, 3.05) is 25.5 Å². The highest BCUT2D eigenvalue weighted by molar-refractivity contribution is 7.99. The molecule has 0 radical (unpaired) electrons. The summed E-state index contributed by atoms with van der Waals surface area (Å²) >= 11 is 2.07. The Hall–Kier alpha value is 0.270. The first-order valence-electron chi connectivity index (χ1n) is 4.39. The van der Waals surface area contributed by atoms with E-state index in [0.29, 0.717) is 5.37 Å². The van der Waals surface area contributed by atoms with Gasteiger partial charge in [0.15, 0.2) is 0 Å². The zero-order chi connectivity index (χ0) is 7.52. The molecule has 2 nitrogen and oxygen atoms in total. The smallest absolute Gasteiger partial charge is 0.0583 e. The van der Waals surface area contributed by atoms with Gasteiger partial charge in [-0.1, -0.05) is 0 Å². The Morgan fingerprint density at radius 3 is 3.09 bits per heavy atom. The zero-order valence-corrected chi connectivity index (χ0v) is 7.53. The van der Waals surface area contributed by atoms with E-state index in [4.69, 9.17) is 4.74 Å². The Morgan fingerprint density at radius 2 is 2.45 bits per heavy atom. The summed E-state index contributed by atoms with van der Waals surface area (Å²) in [6.07, 6.45) is 2.58. The fraction of sp³-hybridized carbons (Fsp3) is 1.00. The lowest BCUT2D eigenvalue weighted by atomic mass is 10.1. The highest BCUT2D eigenvalue weighted by Gasteiger charge is 2.26. The third-order valence-corrected chi connectivity index (χ3v) is 3.79. The van der Waals surface area contributed by atoms with Crippen molar-refractivity contribution in [1.82, 2.24) is 5.32 Å². The van der Waals surface area contributed by atoms with Gasteiger partial charge in [-0.15, -0.1) is 11.8 Å². The molecule has 0 spiro atoms. The number of ether oxygens (including phenoxy) is 1. The van der Waals surface area contributed by atoms with Gasteiger partial charge in [0.1, 0.15) is 0 Å². The van der Waals surface area contributed by atoms with Crippen LogP contribution in [0, 0.1) is 5.92 Å². The van der Waals surface area contributed by atoms with E-state index in [9.17, 15) is 0 Å². The molecular formula is C8H15NOS. The fourth-order valence-electron chi connectivity index (χ4n) is 1.68. The minimum atomic E-state index is 0.686. The molecule has 2 saturated heterocycles. The maximum Gasteiger partial charge on any atom is 0.0583 e. The molecule has 1 N–H and O–H groups in total. The average molecular weight is 173 g/mol. The van der Waals surface area contributed by atoms with Gasteiger partial charge >= 0.3 is 0 Å². The van der Waals surface area contributed by atoms with Gasteiger partial charge < -0.3 is 10.1 Å². The van der Waals surface area contributed by atoms with Crippen LogP contribution in [-0.4, -0.2) is 30.9 Å². The van der Waals surface area contributed by atoms with Gasteiger partial charge in [-0.2, -0.15) is 0 Å². The highest BCUT2D eigenvalue weighted by Crippen LogP contribution is 2.27. The Balaban J connectivity index is 1.82. The lowest BCUT2D eigenvalue weighted by molar-refractivity contribution is 0.183. The quantitative estimate of drug-likeness (QED) is 0.641. The highest BCUT2D eigenvalue weighted by atomic mass is 32.2. The van der Waals surface area contributed by atoms with Crippen LogP contribution in [0.2, 0.25) is 0 Å². The summed E-state index contributed by atoms with van der Waals surface area (Å²) in [6, 6.07) is 0. The van der Waals surface area contributed by atoms with Gasteiger partial charge in [-0.3, -0.25) is 0 Å². The first kappa shape index (κ1) is 7.90. The normalized spacial score (nSPS) is 39.3. The second kappa shape index (κ2) is 3.78. The molecule has 0 aliphatic carbocycles. The predicted molar refractivity (Wildman–Crippen MR) is 47.8 cm³/mol. The molecule has 0 aromatic heterocycles. The Labute approximate surface area is 72.1 Å². The van der Waals surface area contributed by atoms with E-state index in [0.717, 1.165) is 19.1 Å². The lowest BCUT2D eigenvalue weighted by Gasteiger charge is -2.27. The topological polar surface area (TPSA) is 21.3 Å². The van der Waals surface area contributed by atoms with Crippen molar-refractivity contribution in [3.63, 3.8) is 0 Å². The largest absolute Gasteiger partial charge is 0.381 e. The fourth-order valence-corrected chi connectivity index (χ4v) is 2.97. The summed E-state index contributed by atoms with van der Waals surface area (Å²) in [7, 11) is 0. The minimum Gasteiger partial charge on any atom is -0.381 e. The summed E-state index contributed by atoms with van der Waals surface area (Å²) in [6.45, 7) is 3.16. The SMILES string of the molecule is C1CNC(C2CCOC2)SC1. The van der Waals surface area contributed by atoms with Gasteiger partial charge in [0, 0.05) is 12.5 Å². The van der Waals surface area contributed by atoms with Crippen LogP contribution in [0.5, 0.6) is 0 Å². The second-order valence-electron chi connectivity index (χ2n) is 3.22. The summed E-state index contributed by atoms with van der Waals surface area (Å²) in [5.74, 6) is 2.11. The van der Waals surface area contributed by atoms with E-state index in [-0.39, 0.29) is 0 Å². The van der Waals surface area contributed by atoms with Gasteiger partial charge in [0.25, 0.3) is 0 Å². The molecule has 2 unspecified atom stereocenters. The van der Waals surface area contributed by atoms with E-state index in [1.807, 2.05) is 0 Å². The molecule has 2 aliphatic heterocycles. The van der Waals surface area contributed by atoms with E-state index >= 15 is 0 Å². The number of thioether (sulfide) groups is 1. The van der Waals surface area contributed by atoms with Crippen molar-refractivity contribution >= 4 is 11.8 Å².